The maximum atomic E-state index is 11.9. The Morgan fingerprint density at radius 3 is 3.05 bits per heavy atom. The molecular weight excluding hydrogens is 318 g/mol. The summed E-state index contributed by atoms with van der Waals surface area (Å²) in [6.45, 7) is 4.37. The molecule has 0 bridgehead atoms. The van der Waals surface area contributed by atoms with Crippen molar-refractivity contribution in [1.29, 1.82) is 0 Å². The van der Waals surface area contributed by atoms with Gasteiger partial charge in [-0.05, 0) is 25.5 Å². The molecule has 0 aromatic carbocycles. The summed E-state index contributed by atoms with van der Waals surface area (Å²) in [5.41, 5.74) is 3.00. The molecule has 0 spiro atoms. The highest BCUT2D eigenvalue weighted by molar-refractivity contribution is 8.01. The van der Waals surface area contributed by atoms with Crippen LogP contribution in [0.1, 0.15) is 16.3 Å². The molecule has 3 rings (SSSR count). The van der Waals surface area contributed by atoms with Gasteiger partial charge in [-0.1, -0.05) is 29.2 Å². The first-order valence-corrected chi connectivity index (χ1v) is 8.55. The van der Waals surface area contributed by atoms with Gasteiger partial charge in [-0.15, -0.1) is 10.2 Å². The summed E-state index contributed by atoms with van der Waals surface area (Å²) in [6.07, 6.45) is 3.75. The molecule has 1 amide bonds. The fraction of sp³-hybridized carbons (Fsp3) is 0.286. The second-order valence-corrected chi connectivity index (χ2v) is 7.19. The van der Waals surface area contributed by atoms with Crippen molar-refractivity contribution in [3.8, 4) is 0 Å². The molecule has 0 aliphatic heterocycles. The minimum absolute atomic E-state index is 0.0274. The number of nitrogens with zero attached hydrogens (tertiary/aromatic N) is 4. The van der Waals surface area contributed by atoms with Gasteiger partial charge in [0.25, 0.3) is 0 Å². The Morgan fingerprint density at radius 2 is 2.27 bits per heavy atom. The summed E-state index contributed by atoms with van der Waals surface area (Å²) < 4.78 is 2.81. The molecule has 0 unspecified atom stereocenters. The van der Waals surface area contributed by atoms with E-state index in [0.29, 0.717) is 12.3 Å². The van der Waals surface area contributed by atoms with Crippen LogP contribution in [0.2, 0.25) is 0 Å². The number of rotatable bonds is 5. The SMILES string of the molecule is Cc1nnc(SCC(=O)NCc2cnc3c(C)cccn23)s1. The molecule has 6 nitrogen and oxygen atoms in total. The lowest BCUT2D eigenvalue weighted by atomic mass is 10.3. The number of amides is 1. The Morgan fingerprint density at radius 1 is 1.41 bits per heavy atom. The molecule has 22 heavy (non-hydrogen) atoms. The molecule has 0 aliphatic carbocycles. The molecule has 3 heterocycles. The van der Waals surface area contributed by atoms with E-state index in [1.54, 1.807) is 6.20 Å². The zero-order chi connectivity index (χ0) is 15.5. The molecule has 114 valence electrons. The summed E-state index contributed by atoms with van der Waals surface area (Å²) in [5.74, 6) is 0.310. The molecular formula is C14H15N5OS2. The quantitative estimate of drug-likeness (QED) is 0.725. The van der Waals surface area contributed by atoms with Crippen molar-refractivity contribution in [1.82, 2.24) is 24.9 Å². The van der Waals surface area contributed by atoms with Crippen LogP contribution in [0, 0.1) is 13.8 Å². The van der Waals surface area contributed by atoms with Crippen molar-refractivity contribution in [3.63, 3.8) is 0 Å². The van der Waals surface area contributed by atoms with Crippen LogP contribution in [0.15, 0.2) is 28.9 Å². The molecule has 1 N–H and O–H groups in total. The predicted octanol–water partition coefficient (Wildman–Crippen LogP) is 2.21. The van der Waals surface area contributed by atoms with Crippen LogP contribution in [0.4, 0.5) is 0 Å². The topological polar surface area (TPSA) is 72.2 Å². The zero-order valence-corrected chi connectivity index (χ0v) is 13.9. The molecule has 0 atom stereocenters. The van der Waals surface area contributed by atoms with Crippen molar-refractivity contribution in [2.45, 2.75) is 24.7 Å². The molecule has 0 aliphatic rings. The number of hydrogen-bond donors (Lipinski definition) is 1. The van der Waals surface area contributed by atoms with Crippen molar-refractivity contribution >= 4 is 34.7 Å². The third-order valence-corrected chi connectivity index (χ3v) is 5.08. The zero-order valence-electron chi connectivity index (χ0n) is 12.2. The smallest absolute Gasteiger partial charge is 0.230 e. The Balaban J connectivity index is 1.57. The third-order valence-electron chi connectivity index (χ3n) is 3.11. The number of carbonyl (C=O) groups excluding carboxylic acids is 1. The van der Waals surface area contributed by atoms with Crippen LogP contribution in [0.5, 0.6) is 0 Å². The highest BCUT2D eigenvalue weighted by Crippen LogP contribution is 2.21. The molecule has 3 aromatic heterocycles. The number of aryl methyl sites for hydroxylation is 2. The Labute approximate surface area is 136 Å². The maximum Gasteiger partial charge on any atom is 0.230 e. The van der Waals surface area contributed by atoms with Gasteiger partial charge >= 0.3 is 0 Å². The molecule has 0 saturated carbocycles. The molecule has 0 fully saturated rings. The van der Waals surface area contributed by atoms with E-state index in [2.05, 4.69) is 20.5 Å². The number of thioether (sulfide) groups is 1. The van der Waals surface area contributed by atoms with Crippen LogP contribution >= 0.6 is 23.1 Å². The number of nitrogens with one attached hydrogen (secondary N) is 1. The largest absolute Gasteiger partial charge is 0.350 e. The van der Waals surface area contributed by atoms with E-state index < -0.39 is 0 Å². The van der Waals surface area contributed by atoms with Crippen molar-refractivity contribution in [2.75, 3.05) is 5.75 Å². The van der Waals surface area contributed by atoms with Crippen LogP contribution in [-0.2, 0) is 11.3 Å². The number of fused-ring (bicyclic) bond motifs is 1. The number of pyridine rings is 1. The Hall–Kier alpha value is -1.93. The van der Waals surface area contributed by atoms with Gasteiger partial charge in [0.2, 0.25) is 5.91 Å². The first-order chi connectivity index (χ1) is 10.6. The van der Waals surface area contributed by atoms with E-state index in [4.69, 9.17) is 0 Å². The maximum absolute atomic E-state index is 11.9. The van der Waals surface area contributed by atoms with E-state index in [-0.39, 0.29) is 5.91 Å². The summed E-state index contributed by atoms with van der Waals surface area (Å²) in [6, 6.07) is 3.99. The number of aromatic nitrogens is 4. The number of hydrogen-bond acceptors (Lipinski definition) is 6. The van der Waals surface area contributed by atoms with Crippen LogP contribution in [0.25, 0.3) is 5.65 Å². The molecule has 0 saturated heterocycles. The third kappa shape index (κ3) is 3.28. The van der Waals surface area contributed by atoms with Crippen LogP contribution in [-0.4, -0.2) is 31.2 Å². The van der Waals surface area contributed by atoms with Gasteiger partial charge in [-0.3, -0.25) is 4.79 Å². The molecule has 0 radical (unpaired) electrons. The van der Waals surface area contributed by atoms with Gasteiger partial charge in [0.15, 0.2) is 4.34 Å². The van der Waals surface area contributed by atoms with Gasteiger partial charge < -0.3 is 9.72 Å². The van der Waals surface area contributed by atoms with E-state index in [9.17, 15) is 4.79 Å². The lowest BCUT2D eigenvalue weighted by molar-refractivity contribution is -0.118. The fourth-order valence-electron chi connectivity index (χ4n) is 2.04. The normalized spacial score (nSPS) is 11.0. The van der Waals surface area contributed by atoms with Gasteiger partial charge in [0, 0.05) is 6.20 Å². The van der Waals surface area contributed by atoms with E-state index in [0.717, 1.165) is 26.3 Å². The minimum Gasteiger partial charge on any atom is -0.350 e. The minimum atomic E-state index is -0.0274. The van der Waals surface area contributed by atoms with E-state index in [1.165, 1.54) is 23.1 Å². The number of imidazole rings is 1. The summed E-state index contributed by atoms with van der Waals surface area (Å²) in [7, 11) is 0. The summed E-state index contributed by atoms with van der Waals surface area (Å²) in [4.78, 5) is 16.3. The van der Waals surface area contributed by atoms with Gasteiger partial charge in [0.05, 0.1) is 24.2 Å². The van der Waals surface area contributed by atoms with E-state index in [1.807, 2.05) is 36.6 Å². The molecule has 8 heteroatoms. The second-order valence-electron chi connectivity index (χ2n) is 4.79. The number of carbonyl (C=O) groups is 1. The standard InChI is InChI=1S/C14H15N5OS2/c1-9-4-3-5-19-11(7-16-13(9)19)6-15-12(20)8-21-14-18-17-10(2)22-14/h3-5,7H,6,8H2,1-2H3,(H,15,20). The van der Waals surface area contributed by atoms with E-state index >= 15 is 0 Å². The lowest BCUT2D eigenvalue weighted by Crippen LogP contribution is -2.25. The summed E-state index contributed by atoms with van der Waals surface area (Å²) in [5, 5.41) is 11.7. The van der Waals surface area contributed by atoms with Crippen molar-refractivity contribution in [2.24, 2.45) is 0 Å². The second kappa shape index (κ2) is 6.45. The predicted molar refractivity (Wildman–Crippen MR) is 87.1 cm³/mol. The first kappa shape index (κ1) is 15.0. The van der Waals surface area contributed by atoms with Gasteiger partial charge in [-0.2, -0.15) is 0 Å². The highest BCUT2D eigenvalue weighted by Gasteiger charge is 2.09. The Kier molecular flexibility index (Phi) is 4.39. The molecule has 3 aromatic rings. The Bertz CT molecular complexity index is 811. The monoisotopic (exact) mass is 333 g/mol. The average Bonchev–Trinajstić information content (AvgIpc) is 3.10. The average molecular weight is 333 g/mol. The van der Waals surface area contributed by atoms with Crippen molar-refractivity contribution < 1.29 is 4.79 Å². The fourth-order valence-corrected chi connectivity index (χ4v) is 3.68. The van der Waals surface area contributed by atoms with Crippen LogP contribution in [0.3, 0.4) is 0 Å². The lowest BCUT2D eigenvalue weighted by Gasteiger charge is -2.05. The van der Waals surface area contributed by atoms with Gasteiger partial charge in [-0.25, -0.2) is 4.98 Å². The van der Waals surface area contributed by atoms with Gasteiger partial charge in [0.1, 0.15) is 10.7 Å². The highest BCUT2D eigenvalue weighted by atomic mass is 32.2. The summed E-state index contributed by atoms with van der Waals surface area (Å²) >= 11 is 2.90. The first-order valence-electron chi connectivity index (χ1n) is 6.74. The van der Waals surface area contributed by atoms with Crippen molar-refractivity contribution in [3.05, 3.63) is 40.8 Å². The van der Waals surface area contributed by atoms with Crippen LogP contribution < -0.4 is 5.32 Å².